The van der Waals surface area contributed by atoms with E-state index in [0.29, 0.717) is 5.88 Å². The lowest BCUT2D eigenvalue weighted by Gasteiger charge is -2.10. The summed E-state index contributed by atoms with van der Waals surface area (Å²) in [5.41, 5.74) is 3.17. The number of aromatic nitrogens is 3. The summed E-state index contributed by atoms with van der Waals surface area (Å²) in [6.45, 7) is 4.01. The first-order valence-electron chi connectivity index (χ1n) is 4.75. The second-order valence-corrected chi connectivity index (χ2v) is 3.73. The van der Waals surface area contributed by atoms with Crippen LogP contribution in [0.1, 0.15) is 16.8 Å². The monoisotopic (exact) mass is 221 g/mol. The van der Waals surface area contributed by atoms with Crippen LogP contribution in [0.25, 0.3) is 5.82 Å². The number of aryl methyl sites for hydroxylation is 2. The second-order valence-electron chi connectivity index (χ2n) is 3.47. The summed E-state index contributed by atoms with van der Waals surface area (Å²) in [6, 6.07) is 3.90. The standard InChI is InChI=1S/C11H12ClN3/c1-8-6-9(2)14-11(10(8)7-12)15-5-3-4-13-15/h3-6H,7H2,1-2H3. The highest BCUT2D eigenvalue weighted by atomic mass is 35.5. The minimum atomic E-state index is 0.453. The smallest absolute Gasteiger partial charge is 0.158 e. The van der Waals surface area contributed by atoms with Gasteiger partial charge in [-0.25, -0.2) is 9.67 Å². The van der Waals surface area contributed by atoms with Gasteiger partial charge in [-0.3, -0.25) is 0 Å². The molecule has 0 radical (unpaired) electrons. The van der Waals surface area contributed by atoms with Gasteiger partial charge < -0.3 is 0 Å². The van der Waals surface area contributed by atoms with E-state index in [9.17, 15) is 0 Å². The predicted octanol–water partition coefficient (Wildman–Crippen LogP) is 2.62. The molecule has 4 heteroatoms. The Morgan fingerprint density at radius 1 is 1.40 bits per heavy atom. The Morgan fingerprint density at radius 3 is 2.80 bits per heavy atom. The van der Waals surface area contributed by atoms with Crippen molar-refractivity contribution >= 4 is 11.6 Å². The first kappa shape index (κ1) is 10.2. The van der Waals surface area contributed by atoms with Gasteiger partial charge in [0.1, 0.15) is 0 Å². The van der Waals surface area contributed by atoms with Gasteiger partial charge in [0.25, 0.3) is 0 Å². The normalized spacial score (nSPS) is 10.6. The van der Waals surface area contributed by atoms with Crippen molar-refractivity contribution in [3.8, 4) is 5.82 Å². The highest BCUT2D eigenvalue weighted by Gasteiger charge is 2.09. The molecule has 78 valence electrons. The third-order valence-electron chi connectivity index (χ3n) is 2.31. The summed E-state index contributed by atoms with van der Waals surface area (Å²) >= 11 is 5.93. The van der Waals surface area contributed by atoms with E-state index in [-0.39, 0.29) is 0 Å². The Morgan fingerprint density at radius 2 is 2.20 bits per heavy atom. The van der Waals surface area contributed by atoms with Gasteiger partial charge in [-0.2, -0.15) is 5.10 Å². The Bertz CT molecular complexity index is 463. The Labute approximate surface area is 93.7 Å². The van der Waals surface area contributed by atoms with E-state index in [4.69, 9.17) is 11.6 Å². The molecular weight excluding hydrogens is 210 g/mol. The van der Waals surface area contributed by atoms with E-state index in [0.717, 1.165) is 22.6 Å². The third kappa shape index (κ3) is 1.88. The minimum Gasteiger partial charge on any atom is -0.234 e. The molecule has 2 aromatic rings. The summed E-state index contributed by atoms with van der Waals surface area (Å²) in [7, 11) is 0. The number of nitrogens with zero attached hydrogens (tertiary/aromatic N) is 3. The maximum absolute atomic E-state index is 5.93. The van der Waals surface area contributed by atoms with Crippen LogP contribution in [0.4, 0.5) is 0 Å². The molecule has 0 amide bonds. The zero-order chi connectivity index (χ0) is 10.8. The van der Waals surface area contributed by atoms with E-state index < -0.39 is 0 Å². The van der Waals surface area contributed by atoms with Crippen molar-refractivity contribution in [1.82, 2.24) is 14.8 Å². The molecule has 2 rings (SSSR count). The van der Waals surface area contributed by atoms with Crippen LogP contribution >= 0.6 is 11.6 Å². The Balaban J connectivity index is 2.64. The van der Waals surface area contributed by atoms with Crippen LogP contribution in [-0.4, -0.2) is 14.8 Å². The number of pyridine rings is 1. The summed E-state index contributed by atoms with van der Waals surface area (Å²) in [5.74, 6) is 1.28. The third-order valence-corrected chi connectivity index (χ3v) is 2.58. The van der Waals surface area contributed by atoms with Crippen molar-refractivity contribution in [2.75, 3.05) is 0 Å². The lowest BCUT2D eigenvalue weighted by molar-refractivity contribution is 0.826. The van der Waals surface area contributed by atoms with Crippen molar-refractivity contribution < 1.29 is 0 Å². The van der Waals surface area contributed by atoms with Gasteiger partial charge in [0.2, 0.25) is 0 Å². The lowest BCUT2D eigenvalue weighted by Crippen LogP contribution is -2.05. The van der Waals surface area contributed by atoms with Crippen LogP contribution < -0.4 is 0 Å². The molecule has 0 aliphatic rings. The maximum atomic E-state index is 5.93. The van der Waals surface area contributed by atoms with E-state index >= 15 is 0 Å². The molecule has 0 atom stereocenters. The number of halogens is 1. The molecule has 0 bridgehead atoms. The summed E-state index contributed by atoms with van der Waals surface area (Å²) in [6.07, 6.45) is 3.61. The number of hydrogen-bond donors (Lipinski definition) is 0. The molecule has 0 aliphatic heterocycles. The number of hydrogen-bond acceptors (Lipinski definition) is 2. The highest BCUT2D eigenvalue weighted by Crippen LogP contribution is 2.19. The van der Waals surface area contributed by atoms with Crippen LogP contribution in [0.15, 0.2) is 24.5 Å². The van der Waals surface area contributed by atoms with Crippen molar-refractivity contribution in [1.29, 1.82) is 0 Å². The SMILES string of the molecule is Cc1cc(C)c(CCl)c(-n2cccn2)n1. The summed E-state index contributed by atoms with van der Waals surface area (Å²) < 4.78 is 1.75. The zero-order valence-electron chi connectivity index (χ0n) is 8.74. The maximum Gasteiger partial charge on any atom is 0.158 e. The minimum absolute atomic E-state index is 0.453. The quantitative estimate of drug-likeness (QED) is 0.730. The fourth-order valence-electron chi connectivity index (χ4n) is 1.59. The van der Waals surface area contributed by atoms with Crippen LogP contribution in [0.5, 0.6) is 0 Å². The van der Waals surface area contributed by atoms with Crippen LogP contribution in [-0.2, 0) is 5.88 Å². The van der Waals surface area contributed by atoms with E-state index in [1.54, 1.807) is 10.9 Å². The van der Waals surface area contributed by atoms with Gasteiger partial charge in [0.15, 0.2) is 5.82 Å². The average Bonchev–Trinajstić information content (AvgIpc) is 2.69. The Hall–Kier alpha value is -1.35. The second kappa shape index (κ2) is 4.03. The molecule has 0 fully saturated rings. The Kier molecular flexibility index (Phi) is 2.73. The van der Waals surface area contributed by atoms with Gasteiger partial charge >= 0.3 is 0 Å². The fraction of sp³-hybridized carbons (Fsp3) is 0.273. The molecule has 0 N–H and O–H groups in total. The molecule has 2 heterocycles. The van der Waals surface area contributed by atoms with Gasteiger partial charge in [-0.05, 0) is 31.5 Å². The van der Waals surface area contributed by atoms with Gasteiger partial charge in [-0.1, -0.05) is 0 Å². The molecule has 0 saturated carbocycles. The summed E-state index contributed by atoms with van der Waals surface area (Å²) in [5, 5.41) is 4.17. The molecule has 0 unspecified atom stereocenters. The van der Waals surface area contributed by atoms with Crippen molar-refractivity contribution in [3.63, 3.8) is 0 Å². The van der Waals surface area contributed by atoms with Crippen LogP contribution in [0, 0.1) is 13.8 Å². The molecule has 0 aromatic carbocycles. The van der Waals surface area contributed by atoms with Gasteiger partial charge in [-0.15, -0.1) is 11.6 Å². The molecule has 0 aliphatic carbocycles. The van der Waals surface area contributed by atoms with E-state index in [1.165, 1.54) is 0 Å². The molecule has 0 spiro atoms. The van der Waals surface area contributed by atoms with Crippen LogP contribution in [0.2, 0.25) is 0 Å². The zero-order valence-corrected chi connectivity index (χ0v) is 9.49. The van der Waals surface area contributed by atoms with Gasteiger partial charge in [0.05, 0.1) is 5.88 Å². The number of rotatable bonds is 2. The summed E-state index contributed by atoms with van der Waals surface area (Å²) in [4.78, 5) is 4.46. The van der Waals surface area contributed by atoms with Crippen molar-refractivity contribution in [2.45, 2.75) is 19.7 Å². The number of alkyl halides is 1. The first-order valence-corrected chi connectivity index (χ1v) is 5.29. The predicted molar refractivity (Wildman–Crippen MR) is 60.4 cm³/mol. The topological polar surface area (TPSA) is 30.7 Å². The van der Waals surface area contributed by atoms with Crippen molar-refractivity contribution in [3.05, 3.63) is 41.3 Å². The molecule has 3 nitrogen and oxygen atoms in total. The average molecular weight is 222 g/mol. The first-order chi connectivity index (χ1) is 7.22. The molecule has 0 saturated heterocycles. The van der Waals surface area contributed by atoms with E-state index in [1.807, 2.05) is 32.2 Å². The van der Waals surface area contributed by atoms with E-state index in [2.05, 4.69) is 10.1 Å². The highest BCUT2D eigenvalue weighted by molar-refractivity contribution is 6.17. The lowest BCUT2D eigenvalue weighted by atomic mass is 10.1. The molecular formula is C11H12ClN3. The van der Waals surface area contributed by atoms with Crippen molar-refractivity contribution in [2.24, 2.45) is 0 Å². The molecule has 15 heavy (non-hydrogen) atoms. The fourth-order valence-corrected chi connectivity index (χ4v) is 1.92. The van der Waals surface area contributed by atoms with Crippen LogP contribution in [0.3, 0.4) is 0 Å². The largest absolute Gasteiger partial charge is 0.234 e. The molecule has 2 aromatic heterocycles. The van der Waals surface area contributed by atoms with Gasteiger partial charge in [0, 0.05) is 23.7 Å².